The van der Waals surface area contributed by atoms with Gasteiger partial charge in [-0.2, -0.15) is 0 Å². The minimum atomic E-state index is -3.95. The van der Waals surface area contributed by atoms with Gasteiger partial charge in [-0.05, 0) is 30.2 Å². The molecule has 0 aliphatic heterocycles. The van der Waals surface area contributed by atoms with Crippen molar-refractivity contribution in [1.29, 1.82) is 0 Å². The van der Waals surface area contributed by atoms with Gasteiger partial charge in [-0.3, -0.25) is 0 Å². The molecule has 7 nitrogen and oxygen atoms in total. The molecule has 0 saturated heterocycles. The highest BCUT2D eigenvalue weighted by molar-refractivity contribution is 7.89. The zero-order chi connectivity index (χ0) is 21.0. The minimum Gasteiger partial charge on any atom is -0.465 e. The minimum absolute atomic E-state index is 0.0697. The van der Waals surface area contributed by atoms with Gasteiger partial charge in [-0.1, -0.05) is 48.9 Å². The van der Waals surface area contributed by atoms with E-state index >= 15 is 0 Å². The summed E-state index contributed by atoms with van der Waals surface area (Å²) in [6.45, 7) is 1.85. The topological polar surface area (TPSA) is 101 Å². The molecule has 0 aliphatic rings. The van der Waals surface area contributed by atoms with Crippen LogP contribution < -0.4 is 4.72 Å². The summed E-state index contributed by atoms with van der Waals surface area (Å²) in [4.78, 5) is 19.0. The second-order valence-electron chi connectivity index (χ2n) is 6.27. The lowest BCUT2D eigenvalue weighted by molar-refractivity contribution is 0.0600. The molecular formula is C20H20ClN3O4S. The average Bonchev–Trinajstić information content (AvgIpc) is 3.22. The molecule has 9 heteroatoms. The molecule has 0 saturated carbocycles. The van der Waals surface area contributed by atoms with Crippen LogP contribution in [0.25, 0.3) is 11.3 Å². The lowest BCUT2D eigenvalue weighted by Crippen LogP contribution is -2.29. The van der Waals surface area contributed by atoms with Crippen molar-refractivity contribution in [2.75, 3.05) is 7.11 Å². The van der Waals surface area contributed by atoms with Crippen molar-refractivity contribution >= 4 is 27.6 Å². The van der Waals surface area contributed by atoms with E-state index in [1.807, 2.05) is 37.3 Å². The van der Waals surface area contributed by atoms with E-state index in [0.717, 1.165) is 11.3 Å². The van der Waals surface area contributed by atoms with Crippen LogP contribution in [-0.2, 0) is 14.8 Å². The van der Waals surface area contributed by atoms with Crippen LogP contribution in [0.4, 0.5) is 0 Å². The second-order valence-corrected chi connectivity index (χ2v) is 8.36. The van der Waals surface area contributed by atoms with Gasteiger partial charge in [-0.25, -0.2) is 22.9 Å². The fourth-order valence-corrected chi connectivity index (χ4v) is 4.65. The molecule has 1 atom stereocenters. The number of esters is 1. The number of halogens is 1. The second kappa shape index (κ2) is 8.77. The van der Waals surface area contributed by atoms with Gasteiger partial charge in [0.15, 0.2) is 0 Å². The first-order chi connectivity index (χ1) is 13.9. The third kappa shape index (κ3) is 4.67. The molecule has 2 aromatic carbocycles. The third-order valence-corrected chi connectivity index (χ3v) is 6.31. The first-order valence-corrected chi connectivity index (χ1v) is 10.7. The quantitative estimate of drug-likeness (QED) is 0.549. The Morgan fingerprint density at radius 1 is 1.24 bits per heavy atom. The molecule has 0 bridgehead atoms. The van der Waals surface area contributed by atoms with Crippen LogP contribution in [-0.4, -0.2) is 31.5 Å². The summed E-state index contributed by atoms with van der Waals surface area (Å²) in [5, 5.41) is -0.0697. The van der Waals surface area contributed by atoms with Crippen LogP contribution in [0.5, 0.6) is 0 Å². The van der Waals surface area contributed by atoms with E-state index in [1.165, 1.54) is 25.3 Å². The van der Waals surface area contributed by atoms with Crippen molar-refractivity contribution in [2.24, 2.45) is 0 Å². The number of carbonyl (C=O) groups is 1. The summed E-state index contributed by atoms with van der Waals surface area (Å²) in [7, 11) is -2.71. The Labute approximate surface area is 174 Å². The molecule has 0 spiro atoms. The maximum absolute atomic E-state index is 12.9. The van der Waals surface area contributed by atoms with E-state index in [0.29, 0.717) is 12.2 Å². The molecular weight excluding hydrogens is 414 g/mol. The molecule has 152 valence electrons. The zero-order valence-electron chi connectivity index (χ0n) is 15.8. The fraction of sp³-hybridized carbons (Fsp3) is 0.200. The molecule has 1 heterocycles. The van der Waals surface area contributed by atoms with Crippen molar-refractivity contribution < 1.29 is 17.9 Å². The number of sulfonamides is 1. The Hall–Kier alpha value is -2.68. The molecule has 1 aromatic heterocycles. The first kappa shape index (κ1) is 21.0. The van der Waals surface area contributed by atoms with Gasteiger partial charge in [0.05, 0.1) is 35.6 Å². The van der Waals surface area contributed by atoms with Crippen LogP contribution in [0.3, 0.4) is 0 Å². The number of hydrogen-bond acceptors (Lipinski definition) is 5. The van der Waals surface area contributed by atoms with Crippen LogP contribution in [0, 0.1) is 0 Å². The number of aromatic nitrogens is 2. The van der Waals surface area contributed by atoms with Gasteiger partial charge < -0.3 is 9.72 Å². The highest BCUT2D eigenvalue weighted by Crippen LogP contribution is 2.26. The van der Waals surface area contributed by atoms with E-state index in [2.05, 4.69) is 19.4 Å². The molecule has 1 unspecified atom stereocenters. The van der Waals surface area contributed by atoms with Crippen molar-refractivity contribution in [2.45, 2.75) is 24.3 Å². The normalized spacial score (nSPS) is 12.5. The van der Waals surface area contributed by atoms with E-state index in [9.17, 15) is 13.2 Å². The highest BCUT2D eigenvalue weighted by Gasteiger charge is 2.25. The molecule has 0 aliphatic carbocycles. The fourth-order valence-electron chi connectivity index (χ4n) is 2.82. The summed E-state index contributed by atoms with van der Waals surface area (Å²) < 4.78 is 33.0. The number of ether oxygens (including phenoxy) is 1. The predicted molar refractivity (Wildman–Crippen MR) is 110 cm³/mol. The number of carbonyl (C=O) groups excluding carboxylic acids is 1. The number of nitrogens with one attached hydrogen (secondary N) is 2. The molecule has 3 aromatic rings. The monoisotopic (exact) mass is 433 g/mol. The standard InChI is InChI=1S/C20H20ClN3O4S/c1-3-16(19-22-12-17(23-19)13-7-5-4-6-8-13)24-29(26,27)18-10-9-14(11-15(18)21)20(25)28-2/h4-12,16,24H,3H2,1-2H3,(H,22,23). The number of benzene rings is 2. The van der Waals surface area contributed by atoms with Gasteiger partial charge in [0.25, 0.3) is 0 Å². The number of methoxy groups -OCH3 is 1. The summed E-state index contributed by atoms with van der Waals surface area (Å²) in [5.41, 5.74) is 1.91. The number of rotatable bonds is 7. The van der Waals surface area contributed by atoms with Crippen molar-refractivity contribution in [3.63, 3.8) is 0 Å². The smallest absolute Gasteiger partial charge is 0.337 e. The molecule has 0 radical (unpaired) electrons. The zero-order valence-corrected chi connectivity index (χ0v) is 17.4. The lowest BCUT2D eigenvalue weighted by atomic mass is 10.2. The summed E-state index contributed by atoms with van der Waals surface area (Å²) >= 11 is 6.12. The SMILES string of the molecule is CCC(NS(=O)(=O)c1ccc(C(=O)OC)cc1Cl)c1ncc(-c2ccccc2)[nH]1. The van der Waals surface area contributed by atoms with Gasteiger partial charge in [0.1, 0.15) is 10.7 Å². The van der Waals surface area contributed by atoms with Crippen LogP contribution in [0.15, 0.2) is 59.6 Å². The lowest BCUT2D eigenvalue weighted by Gasteiger charge is -2.16. The Balaban J connectivity index is 1.85. The molecule has 2 N–H and O–H groups in total. The maximum Gasteiger partial charge on any atom is 0.337 e. The molecule has 29 heavy (non-hydrogen) atoms. The van der Waals surface area contributed by atoms with Gasteiger partial charge in [0.2, 0.25) is 10.0 Å². The highest BCUT2D eigenvalue weighted by atomic mass is 35.5. The van der Waals surface area contributed by atoms with E-state index in [1.54, 1.807) is 6.20 Å². The molecule has 3 rings (SSSR count). The molecule has 0 amide bonds. The van der Waals surface area contributed by atoms with Gasteiger partial charge in [0, 0.05) is 0 Å². The van der Waals surface area contributed by atoms with Crippen molar-refractivity contribution in [3.8, 4) is 11.3 Å². The van der Waals surface area contributed by atoms with E-state index < -0.39 is 22.0 Å². The Morgan fingerprint density at radius 2 is 1.97 bits per heavy atom. The summed E-state index contributed by atoms with van der Waals surface area (Å²) in [5.74, 6) is -0.100. The van der Waals surface area contributed by atoms with Gasteiger partial charge >= 0.3 is 5.97 Å². The maximum atomic E-state index is 12.9. The van der Waals surface area contributed by atoms with E-state index in [4.69, 9.17) is 11.6 Å². The van der Waals surface area contributed by atoms with Gasteiger partial charge in [-0.15, -0.1) is 0 Å². The van der Waals surface area contributed by atoms with Crippen LogP contribution >= 0.6 is 11.6 Å². The van der Waals surface area contributed by atoms with E-state index in [-0.39, 0.29) is 15.5 Å². The Bertz CT molecular complexity index is 1110. The number of H-pyrrole nitrogens is 1. The third-order valence-electron chi connectivity index (χ3n) is 4.36. The number of hydrogen-bond donors (Lipinski definition) is 2. The van der Waals surface area contributed by atoms with Crippen molar-refractivity contribution in [3.05, 3.63) is 71.1 Å². The van der Waals surface area contributed by atoms with Crippen LogP contribution in [0.2, 0.25) is 5.02 Å². The number of imidazole rings is 1. The Kier molecular flexibility index (Phi) is 6.36. The predicted octanol–water partition coefficient (Wildman–Crippen LogP) is 3.95. The summed E-state index contributed by atoms with van der Waals surface area (Å²) in [6, 6.07) is 12.9. The number of aromatic amines is 1. The number of nitrogens with zero attached hydrogens (tertiary/aromatic N) is 1. The summed E-state index contributed by atoms with van der Waals surface area (Å²) in [6.07, 6.45) is 2.14. The van der Waals surface area contributed by atoms with Crippen LogP contribution in [0.1, 0.15) is 35.6 Å². The molecule has 0 fully saturated rings. The van der Waals surface area contributed by atoms with Crippen molar-refractivity contribution in [1.82, 2.24) is 14.7 Å². The largest absolute Gasteiger partial charge is 0.465 e. The Morgan fingerprint density at radius 3 is 2.59 bits per heavy atom. The average molecular weight is 434 g/mol. The first-order valence-electron chi connectivity index (χ1n) is 8.86.